The molecule has 2 rings (SSSR count). The Balaban J connectivity index is 2.68. The van der Waals surface area contributed by atoms with Crippen molar-refractivity contribution in [2.75, 3.05) is 18.9 Å². The number of carbonyl (C=O) groups excluding carboxylic acids is 2. The number of halogens is 1. The Bertz CT molecular complexity index is 1050. The van der Waals surface area contributed by atoms with Crippen molar-refractivity contribution in [2.24, 2.45) is 0 Å². The van der Waals surface area contributed by atoms with Crippen LogP contribution in [0.1, 0.15) is 66.1 Å². The molecule has 1 saturated heterocycles. The fourth-order valence-corrected chi connectivity index (χ4v) is 4.19. The molecule has 2 heterocycles. The Morgan fingerprint density at radius 3 is 2.50 bits per heavy atom. The van der Waals surface area contributed by atoms with Gasteiger partial charge >= 0.3 is 12.1 Å². The summed E-state index contributed by atoms with van der Waals surface area (Å²) in [4.78, 5) is 31.2. The summed E-state index contributed by atoms with van der Waals surface area (Å²) in [5.74, 6) is -0.654. The molecule has 0 atom stereocenters. The molecule has 1 fully saturated rings. The molecule has 1 aliphatic heterocycles. The number of amides is 1. The maximum absolute atomic E-state index is 15.0. The third-order valence-electron chi connectivity index (χ3n) is 4.65. The van der Waals surface area contributed by atoms with E-state index in [0.29, 0.717) is 11.6 Å². The van der Waals surface area contributed by atoms with Gasteiger partial charge in [-0.15, -0.1) is 11.8 Å². The quantitative estimate of drug-likeness (QED) is 0.310. The van der Waals surface area contributed by atoms with E-state index in [4.69, 9.17) is 9.47 Å². The van der Waals surface area contributed by atoms with Crippen molar-refractivity contribution < 1.29 is 23.5 Å². The van der Waals surface area contributed by atoms with Crippen LogP contribution in [0, 0.1) is 17.1 Å². The summed E-state index contributed by atoms with van der Waals surface area (Å²) in [7, 11) is 0. The number of pyridine rings is 1. The molecule has 184 valence electrons. The molecule has 9 heteroatoms. The van der Waals surface area contributed by atoms with E-state index in [-0.39, 0.29) is 29.0 Å². The van der Waals surface area contributed by atoms with E-state index in [0.717, 1.165) is 12.2 Å². The van der Waals surface area contributed by atoms with Crippen molar-refractivity contribution >= 4 is 29.4 Å². The first-order valence-electron chi connectivity index (χ1n) is 11.1. The Morgan fingerprint density at radius 2 is 1.97 bits per heavy atom. The smallest absolute Gasteiger partial charge is 0.415 e. The summed E-state index contributed by atoms with van der Waals surface area (Å²) in [6, 6.07) is 3.14. The number of rotatable bonds is 4. The standard InChI is InChI=1S/C25H32FN3O4S/c1-8-32-22(30)18(14-27)17(16-12-19(26)21(28-15-16)24(2,3)4)13-20-29(10-9-11-34-20)23(31)33-25(5,6)7/h12-13,15H,8-11H2,1-7H3/b18-17+,20-13-. The molecular formula is C25H32FN3O4S. The predicted octanol–water partition coefficient (Wildman–Crippen LogP) is 5.57. The average Bonchev–Trinajstić information content (AvgIpc) is 2.71. The van der Waals surface area contributed by atoms with Crippen LogP contribution in [0.2, 0.25) is 0 Å². The van der Waals surface area contributed by atoms with E-state index >= 15 is 0 Å². The molecular weight excluding hydrogens is 457 g/mol. The van der Waals surface area contributed by atoms with Gasteiger partial charge in [0.25, 0.3) is 0 Å². The lowest BCUT2D eigenvalue weighted by Gasteiger charge is -2.31. The van der Waals surface area contributed by atoms with Crippen molar-refractivity contribution in [3.8, 4) is 6.07 Å². The lowest BCUT2D eigenvalue weighted by atomic mass is 9.90. The Hall–Kier alpha value is -2.86. The average molecular weight is 490 g/mol. The molecule has 0 spiro atoms. The van der Waals surface area contributed by atoms with E-state index in [1.807, 2.05) is 26.8 Å². The first-order valence-corrected chi connectivity index (χ1v) is 12.1. The predicted molar refractivity (Wildman–Crippen MR) is 130 cm³/mol. The van der Waals surface area contributed by atoms with Gasteiger partial charge in [-0.05, 0) is 46.3 Å². The lowest BCUT2D eigenvalue weighted by molar-refractivity contribution is -0.137. The van der Waals surface area contributed by atoms with Gasteiger partial charge in [-0.3, -0.25) is 9.88 Å². The summed E-state index contributed by atoms with van der Waals surface area (Å²) in [6.45, 7) is 13.0. The number of hydrogen-bond acceptors (Lipinski definition) is 7. The third kappa shape index (κ3) is 7.07. The molecule has 34 heavy (non-hydrogen) atoms. The van der Waals surface area contributed by atoms with E-state index < -0.39 is 28.9 Å². The van der Waals surface area contributed by atoms with Gasteiger partial charge in [0.05, 0.1) is 17.3 Å². The Morgan fingerprint density at radius 1 is 1.29 bits per heavy atom. The summed E-state index contributed by atoms with van der Waals surface area (Å²) in [6.07, 6.45) is 3.18. The lowest BCUT2D eigenvalue weighted by Crippen LogP contribution is -2.38. The minimum absolute atomic E-state index is 0.0716. The molecule has 1 aromatic heterocycles. The zero-order chi connectivity index (χ0) is 25.7. The highest BCUT2D eigenvalue weighted by Crippen LogP contribution is 2.34. The maximum Gasteiger partial charge on any atom is 0.415 e. The maximum atomic E-state index is 15.0. The Kier molecular flexibility index (Phi) is 8.89. The number of hydrogen-bond donors (Lipinski definition) is 0. The molecule has 1 aromatic rings. The zero-order valence-electron chi connectivity index (χ0n) is 20.8. The molecule has 7 nitrogen and oxygen atoms in total. The van der Waals surface area contributed by atoms with Crippen molar-refractivity contribution in [2.45, 2.75) is 65.9 Å². The molecule has 0 N–H and O–H groups in total. The largest absolute Gasteiger partial charge is 0.462 e. The van der Waals surface area contributed by atoms with Crippen molar-refractivity contribution in [3.05, 3.63) is 46.0 Å². The number of allylic oxidation sites excluding steroid dienone is 2. The first-order chi connectivity index (χ1) is 15.8. The molecule has 1 aliphatic rings. The minimum Gasteiger partial charge on any atom is -0.462 e. The Labute approximate surface area is 205 Å². The van der Waals surface area contributed by atoms with Crippen LogP contribution in [0.5, 0.6) is 0 Å². The number of aromatic nitrogens is 1. The van der Waals surface area contributed by atoms with Gasteiger partial charge in [0.2, 0.25) is 0 Å². The normalized spacial score (nSPS) is 16.6. The summed E-state index contributed by atoms with van der Waals surface area (Å²) >= 11 is 1.39. The first kappa shape index (κ1) is 27.4. The van der Waals surface area contributed by atoms with E-state index in [9.17, 15) is 19.2 Å². The number of ether oxygens (including phenoxy) is 2. The zero-order valence-corrected chi connectivity index (χ0v) is 21.6. The molecule has 0 aromatic carbocycles. The van der Waals surface area contributed by atoms with Crippen LogP contribution in [0.4, 0.5) is 9.18 Å². The van der Waals surface area contributed by atoms with E-state index in [2.05, 4.69) is 4.98 Å². The van der Waals surface area contributed by atoms with E-state index in [1.54, 1.807) is 27.7 Å². The number of carbonyl (C=O) groups is 2. The minimum atomic E-state index is -0.832. The van der Waals surface area contributed by atoms with Crippen molar-refractivity contribution in [3.63, 3.8) is 0 Å². The van der Waals surface area contributed by atoms with Gasteiger partial charge in [0.15, 0.2) is 0 Å². The molecule has 0 radical (unpaired) electrons. The van der Waals surface area contributed by atoms with Crippen LogP contribution in [0.15, 0.2) is 28.9 Å². The number of nitriles is 1. The number of thioether (sulfide) groups is 1. The van der Waals surface area contributed by atoms with Crippen molar-refractivity contribution in [1.29, 1.82) is 5.26 Å². The summed E-state index contributed by atoms with van der Waals surface area (Å²) in [5, 5.41) is 10.3. The third-order valence-corrected chi connectivity index (χ3v) is 5.77. The highest BCUT2D eigenvalue weighted by Gasteiger charge is 2.29. The number of nitrogens with zero attached hydrogens (tertiary/aromatic N) is 3. The second kappa shape index (κ2) is 11.0. The van der Waals surface area contributed by atoms with Crippen LogP contribution < -0.4 is 0 Å². The number of esters is 1. The highest BCUT2D eigenvalue weighted by atomic mass is 32.2. The summed E-state index contributed by atoms with van der Waals surface area (Å²) < 4.78 is 25.6. The molecule has 0 unspecified atom stereocenters. The van der Waals surface area contributed by atoms with Gasteiger partial charge in [0, 0.05) is 35.0 Å². The second-order valence-electron chi connectivity index (χ2n) is 9.74. The molecule has 0 saturated carbocycles. The van der Waals surface area contributed by atoms with Gasteiger partial charge in [-0.1, -0.05) is 20.8 Å². The van der Waals surface area contributed by atoms with Crippen LogP contribution in [0.25, 0.3) is 5.57 Å². The molecule has 1 amide bonds. The summed E-state index contributed by atoms with van der Waals surface area (Å²) in [5.41, 5.74) is -0.892. The van der Waals surface area contributed by atoms with Gasteiger partial charge < -0.3 is 9.47 Å². The van der Waals surface area contributed by atoms with Crippen LogP contribution >= 0.6 is 11.8 Å². The highest BCUT2D eigenvalue weighted by molar-refractivity contribution is 8.03. The van der Waals surface area contributed by atoms with Gasteiger partial charge in [-0.2, -0.15) is 5.26 Å². The SMILES string of the molecule is CCOC(=O)/C(C#N)=C(\C=C1/SCCCN1C(=O)OC(C)(C)C)c1cnc(C(C)(C)C)c(F)c1. The monoisotopic (exact) mass is 489 g/mol. The van der Waals surface area contributed by atoms with E-state index in [1.165, 1.54) is 35.0 Å². The topological polar surface area (TPSA) is 92.5 Å². The fraction of sp³-hybridized carbons (Fsp3) is 0.520. The van der Waals surface area contributed by atoms with Crippen molar-refractivity contribution in [1.82, 2.24) is 9.88 Å². The fourth-order valence-electron chi connectivity index (χ4n) is 3.18. The second-order valence-corrected chi connectivity index (χ2v) is 10.9. The van der Waals surface area contributed by atoms with Crippen LogP contribution in [-0.2, 0) is 19.7 Å². The van der Waals surface area contributed by atoms with Gasteiger partial charge in [0.1, 0.15) is 23.1 Å². The molecule has 0 bridgehead atoms. The van der Waals surface area contributed by atoms with Crippen LogP contribution in [0.3, 0.4) is 0 Å². The van der Waals surface area contributed by atoms with Crippen LogP contribution in [-0.4, -0.2) is 46.5 Å². The van der Waals surface area contributed by atoms with Gasteiger partial charge in [-0.25, -0.2) is 14.0 Å². The molecule has 0 aliphatic carbocycles.